The molecular weight excluding hydrogens is 212 g/mol. The fraction of sp³-hybridized carbons (Fsp3) is 0.800. The number of nitrogens with two attached hydrogens (primary N) is 1. The summed E-state index contributed by atoms with van der Waals surface area (Å²) in [5.74, 6) is 1.68. The summed E-state index contributed by atoms with van der Waals surface area (Å²) in [6.45, 7) is 3.45. The number of nitrogens with zero attached hydrogens (tertiary/aromatic N) is 1. The molecule has 1 fully saturated rings. The van der Waals surface area contributed by atoms with Gasteiger partial charge < -0.3 is 10.6 Å². The number of hydrogen-bond acceptors (Lipinski definition) is 3. The predicted molar refractivity (Wildman–Crippen MR) is 61.5 cm³/mol. The van der Waals surface area contributed by atoms with Crippen LogP contribution < -0.4 is 5.73 Å². The van der Waals surface area contributed by atoms with Crippen LogP contribution in [0.3, 0.4) is 0 Å². The monoisotopic (exact) mass is 230 g/mol. The molecule has 1 aliphatic heterocycles. The quantitative estimate of drug-likeness (QED) is 0.763. The second-order valence-electron chi connectivity index (χ2n) is 3.84. The van der Waals surface area contributed by atoms with E-state index in [1.165, 1.54) is 0 Å². The summed E-state index contributed by atoms with van der Waals surface area (Å²) in [6, 6.07) is 0. The summed E-state index contributed by atoms with van der Waals surface area (Å²) >= 11 is 1.88. The van der Waals surface area contributed by atoms with Crippen molar-refractivity contribution in [2.45, 2.75) is 19.8 Å². The molecule has 0 spiro atoms. The van der Waals surface area contributed by atoms with Gasteiger partial charge in [0, 0.05) is 36.9 Å². The smallest absolute Gasteiger partial charge is 0.222 e. The van der Waals surface area contributed by atoms with Crippen molar-refractivity contribution in [2.24, 2.45) is 11.7 Å². The molecule has 1 aliphatic rings. The van der Waals surface area contributed by atoms with Gasteiger partial charge >= 0.3 is 0 Å². The van der Waals surface area contributed by atoms with E-state index in [1.54, 1.807) is 6.92 Å². The largest absolute Gasteiger partial charge is 0.369 e. The minimum absolute atomic E-state index is 0.156. The maximum absolute atomic E-state index is 11.7. The molecule has 1 heterocycles. The zero-order valence-electron chi connectivity index (χ0n) is 9.07. The second kappa shape index (κ2) is 6.00. The van der Waals surface area contributed by atoms with Gasteiger partial charge in [0.15, 0.2) is 0 Å². The average molecular weight is 230 g/mol. The number of hydrogen-bond donors (Lipinski definition) is 1. The van der Waals surface area contributed by atoms with Gasteiger partial charge in [-0.3, -0.25) is 9.59 Å². The molecule has 1 atom stereocenters. The minimum atomic E-state index is -0.322. The highest BCUT2D eigenvalue weighted by Crippen LogP contribution is 2.12. The third kappa shape index (κ3) is 4.11. The number of thioether (sulfide) groups is 1. The molecule has 86 valence electrons. The summed E-state index contributed by atoms with van der Waals surface area (Å²) in [6.07, 6.45) is 1.01. The normalized spacial score (nSPS) is 18.6. The Bertz CT molecular complexity index is 240. The van der Waals surface area contributed by atoms with Gasteiger partial charge in [-0.25, -0.2) is 0 Å². The van der Waals surface area contributed by atoms with Crippen LogP contribution >= 0.6 is 11.8 Å². The average Bonchev–Trinajstić information content (AvgIpc) is 2.26. The van der Waals surface area contributed by atoms with E-state index in [2.05, 4.69) is 0 Å². The maximum Gasteiger partial charge on any atom is 0.222 e. The van der Waals surface area contributed by atoms with Crippen molar-refractivity contribution in [3.63, 3.8) is 0 Å². The lowest BCUT2D eigenvalue weighted by molar-refractivity contribution is -0.131. The Kier molecular flexibility index (Phi) is 4.94. The SMILES string of the molecule is C[C@@H](CCC(=O)N1CCSCC1)C(N)=O. The van der Waals surface area contributed by atoms with Crippen LogP contribution in [-0.2, 0) is 9.59 Å². The van der Waals surface area contributed by atoms with Gasteiger partial charge in [-0.2, -0.15) is 11.8 Å². The lowest BCUT2D eigenvalue weighted by atomic mass is 10.0. The fourth-order valence-corrected chi connectivity index (χ4v) is 2.36. The molecule has 0 aromatic heterocycles. The first-order valence-corrected chi connectivity index (χ1v) is 6.41. The number of primary amides is 1. The van der Waals surface area contributed by atoms with Crippen molar-refractivity contribution in [1.82, 2.24) is 4.90 Å². The highest BCUT2D eigenvalue weighted by molar-refractivity contribution is 7.99. The van der Waals surface area contributed by atoms with Crippen molar-refractivity contribution in [3.05, 3.63) is 0 Å². The van der Waals surface area contributed by atoms with Gasteiger partial charge in [0.05, 0.1) is 0 Å². The van der Waals surface area contributed by atoms with E-state index >= 15 is 0 Å². The standard InChI is InChI=1S/C10H18N2O2S/c1-8(10(11)14)2-3-9(13)12-4-6-15-7-5-12/h8H,2-7H2,1H3,(H2,11,14)/t8-/m0/s1. The summed E-state index contributed by atoms with van der Waals surface area (Å²) in [5, 5.41) is 0. The van der Waals surface area contributed by atoms with Crippen molar-refractivity contribution in [1.29, 1.82) is 0 Å². The predicted octanol–water partition coefficient (Wildman–Crippen LogP) is 0.463. The van der Waals surface area contributed by atoms with Crippen molar-refractivity contribution in [2.75, 3.05) is 24.6 Å². The maximum atomic E-state index is 11.7. The van der Waals surface area contributed by atoms with E-state index < -0.39 is 0 Å². The van der Waals surface area contributed by atoms with Crippen molar-refractivity contribution in [3.8, 4) is 0 Å². The molecule has 2 N–H and O–H groups in total. The Morgan fingerprint density at radius 3 is 2.53 bits per heavy atom. The molecular formula is C10H18N2O2S. The van der Waals surface area contributed by atoms with Gasteiger partial charge in [0.1, 0.15) is 0 Å². The van der Waals surface area contributed by atoms with Gasteiger partial charge in [0.25, 0.3) is 0 Å². The Labute approximate surface area is 94.6 Å². The number of rotatable bonds is 4. The van der Waals surface area contributed by atoms with Gasteiger partial charge in [-0.05, 0) is 6.42 Å². The van der Waals surface area contributed by atoms with Crippen molar-refractivity contribution >= 4 is 23.6 Å². The third-order valence-electron chi connectivity index (χ3n) is 2.64. The van der Waals surface area contributed by atoms with E-state index in [1.807, 2.05) is 16.7 Å². The van der Waals surface area contributed by atoms with Crippen LogP contribution in [0.25, 0.3) is 0 Å². The first-order chi connectivity index (χ1) is 7.11. The number of amides is 2. The molecule has 15 heavy (non-hydrogen) atoms. The first kappa shape index (κ1) is 12.4. The molecule has 0 unspecified atom stereocenters. The van der Waals surface area contributed by atoms with E-state index in [9.17, 15) is 9.59 Å². The Hall–Kier alpha value is -0.710. The van der Waals surface area contributed by atoms with Crippen LogP contribution in [0.1, 0.15) is 19.8 Å². The van der Waals surface area contributed by atoms with Gasteiger partial charge in [-0.1, -0.05) is 6.92 Å². The Morgan fingerprint density at radius 2 is 2.00 bits per heavy atom. The van der Waals surface area contributed by atoms with Crippen LogP contribution in [0.5, 0.6) is 0 Å². The summed E-state index contributed by atoms with van der Waals surface area (Å²) in [7, 11) is 0. The molecule has 1 rings (SSSR count). The molecule has 0 aromatic carbocycles. The first-order valence-electron chi connectivity index (χ1n) is 5.26. The zero-order chi connectivity index (χ0) is 11.3. The molecule has 0 aromatic rings. The van der Waals surface area contributed by atoms with E-state index in [4.69, 9.17) is 5.73 Å². The Balaban J connectivity index is 2.25. The van der Waals surface area contributed by atoms with Crippen molar-refractivity contribution < 1.29 is 9.59 Å². The number of carbonyl (C=O) groups is 2. The summed E-state index contributed by atoms with van der Waals surface area (Å²) in [5.41, 5.74) is 5.13. The molecule has 0 aliphatic carbocycles. The van der Waals surface area contributed by atoms with Gasteiger partial charge in [-0.15, -0.1) is 0 Å². The van der Waals surface area contributed by atoms with Crippen LogP contribution in [0.4, 0.5) is 0 Å². The van der Waals surface area contributed by atoms with Gasteiger partial charge in [0.2, 0.25) is 11.8 Å². The molecule has 1 saturated heterocycles. The molecule has 2 amide bonds. The van der Waals surface area contributed by atoms with Crippen LogP contribution in [0.15, 0.2) is 0 Å². The van der Waals surface area contributed by atoms with E-state index in [-0.39, 0.29) is 17.7 Å². The lowest BCUT2D eigenvalue weighted by Crippen LogP contribution is -2.38. The highest BCUT2D eigenvalue weighted by atomic mass is 32.2. The van der Waals surface area contributed by atoms with Crippen LogP contribution in [0.2, 0.25) is 0 Å². The second-order valence-corrected chi connectivity index (χ2v) is 5.06. The fourth-order valence-electron chi connectivity index (χ4n) is 1.45. The molecule has 0 radical (unpaired) electrons. The third-order valence-corrected chi connectivity index (χ3v) is 3.58. The van der Waals surface area contributed by atoms with Crippen LogP contribution in [0, 0.1) is 5.92 Å². The molecule has 0 bridgehead atoms. The Morgan fingerprint density at radius 1 is 1.40 bits per heavy atom. The lowest BCUT2D eigenvalue weighted by Gasteiger charge is -2.26. The zero-order valence-corrected chi connectivity index (χ0v) is 9.89. The van der Waals surface area contributed by atoms with Crippen LogP contribution in [-0.4, -0.2) is 41.3 Å². The summed E-state index contributed by atoms with van der Waals surface area (Å²) < 4.78 is 0. The molecule has 0 saturated carbocycles. The highest BCUT2D eigenvalue weighted by Gasteiger charge is 2.18. The molecule has 5 heteroatoms. The van der Waals surface area contributed by atoms with E-state index in [0.29, 0.717) is 12.8 Å². The number of carbonyl (C=O) groups excluding carboxylic acids is 2. The minimum Gasteiger partial charge on any atom is -0.369 e. The summed E-state index contributed by atoms with van der Waals surface area (Å²) in [4.78, 5) is 24.4. The topological polar surface area (TPSA) is 63.4 Å². The molecule has 4 nitrogen and oxygen atoms in total. The van der Waals surface area contributed by atoms with E-state index in [0.717, 1.165) is 24.6 Å².